The number of methoxy groups -OCH3 is 1. The summed E-state index contributed by atoms with van der Waals surface area (Å²) in [5.74, 6) is 1.05. The van der Waals surface area contributed by atoms with Gasteiger partial charge in [-0.3, -0.25) is 0 Å². The van der Waals surface area contributed by atoms with E-state index in [0.717, 1.165) is 27.4 Å². The minimum Gasteiger partial charge on any atom is -0.496 e. The molecule has 2 aromatic heterocycles. The van der Waals surface area contributed by atoms with E-state index in [-0.39, 0.29) is 0 Å². The largest absolute Gasteiger partial charge is 0.496 e. The first-order valence-electron chi connectivity index (χ1n) is 6.16. The van der Waals surface area contributed by atoms with Crippen molar-refractivity contribution in [3.05, 3.63) is 41.3 Å². The minimum absolute atomic E-state index is 0.301. The maximum absolute atomic E-state index is 5.96. The molecule has 4 nitrogen and oxygen atoms in total. The average molecular weight is 286 g/mol. The van der Waals surface area contributed by atoms with Crippen LogP contribution in [0.25, 0.3) is 21.7 Å². The fraction of sp³-hybridized carbons (Fsp3) is 0.133. The predicted molar refractivity (Wildman–Crippen MR) is 81.0 cm³/mol. The summed E-state index contributed by atoms with van der Waals surface area (Å²) >= 11 is 1.66. The summed E-state index contributed by atoms with van der Waals surface area (Å²) in [5.41, 5.74) is 8.38. The zero-order valence-electron chi connectivity index (χ0n) is 11.2. The van der Waals surface area contributed by atoms with E-state index in [2.05, 4.69) is 18.1 Å². The number of para-hydroxylation sites is 1. The van der Waals surface area contributed by atoms with Crippen molar-refractivity contribution in [2.24, 2.45) is 0 Å². The number of nitrogen functional groups attached to an aromatic ring is 1. The molecule has 0 fully saturated rings. The molecule has 0 aliphatic heterocycles. The number of rotatable bonds is 3. The van der Waals surface area contributed by atoms with E-state index in [1.54, 1.807) is 18.4 Å². The van der Waals surface area contributed by atoms with Crippen molar-refractivity contribution in [3.8, 4) is 27.4 Å². The second-order valence-corrected chi connectivity index (χ2v) is 5.67. The second kappa shape index (κ2) is 5.02. The lowest BCUT2D eigenvalue weighted by Crippen LogP contribution is -1.91. The van der Waals surface area contributed by atoms with E-state index in [1.807, 2.05) is 30.3 Å². The molecule has 0 aliphatic carbocycles. The lowest BCUT2D eigenvalue weighted by Gasteiger charge is -2.07. The molecule has 0 spiro atoms. The van der Waals surface area contributed by atoms with E-state index in [9.17, 15) is 0 Å². The number of aromatic nitrogens is 1. The van der Waals surface area contributed by atoms with Crippen LogP contribution in [0.15, 0.2) is 40.9 Å². The van der Waals surface area contributed by atoms with Crippen LogP contribution in [0, 0.1) is 6.92 Å². The van der Waals surface area contributed by atoms with Crippen LogP contribution in [-0.2, 0) is 0 Å². The molecule has 2 heterocycles. The fourth-order valence-electron chi connectivity index (χ4n) is 2.14. The van der Waals surface area contributed by atoms with Crippen molar-refractivity contribution in [1.82, 2.24) is 5.16 Å². The first kappa shape index (κ1) is 12.7. The Morgan fingerprint density at radius 3 is 2.70 bits per heavy atom. The summed E-state index contributed by atoms with van der Waals surface area (Å²) in [6.07, 6.45) is 0. The van der Waals surface area contributed by atoms with Gasteiger partial charge in [0.2, 0.25) is 5.88 Å². The van der Waals surface area contributed by atoms with Crippen LogP contribution in [-0.4, -0.2) is 12.3 Å². The van der Waals surface area contributed by atoms with Crippen molar-refractivity contribution in [2.45, 2.75) is 6.92 Å². The molecule has 2 N–H and O–H groups in total. The van der Waals surface area contributed by atoms with E-state index < -0.39 is 0 Å². The van der Waals surface area contributed by atoms with Gasteiger partial charge in [0.15, 0.2) is 0 Å². The fourth-order valence-corrected chi connectivity index (χ4v) is 3.00. The Morgan fingerprint density at radius 1 is 1.20 bits per heavy atom. The Labute approximate surface area is 120 Å². The number of ether oxygens (including phenoxy) is 1. The van der Waals surface area contributed by atoms with E-state index in [0.29, 0.717) is 5.88 Å². The Morgan fingerprint density at radius 2 is 2.00 bits per heavy atom. The first-order chi connectivity index (χ1) is 9.70. The summed E-state index contributed by atoms with van der Waals surface area (Å²) < 4.78 is 10.6. The second-order valence-electron chi connectivity index (χ2n) is 4.38. The Bertz CT molecular complexity index is 746. The van der Waals surface area contributed by atoms with Gasteiger partial charge in [-0.25, -0.2) is 0 Å². The third kappa shape index (κ3) is 2.06. The van der Waals surface area contributed by atoms with Crippen molar-refractivity contribution in [3.63, 3.8) is 0 Å². The van der Waals surface area contributed by atoms with Gasteiger partial charge in [-0.05, 0) is 25.1 Å². The Kier molecular flexibility index (Phi) is 3.20. The van der Waals surface area contributed by atoms with Crippen LogP contribution in [0.3, 0.4) is 0 Å². The lowest BCUT2D eigenvalue weighted by atomic mass is 10.0. The predicted octanol–water partition coefficient (Wildman–Crippen LogP) is 3.97. The molecule has 20 heavy (non-hydrogen) atoms. The van der Waals surface area contributed by atoms with E-state index >= 15 is 0 Å². The normalized spacial score (nSPS) is 10.7. The number of thiophene rings is 1. The van der Waals surface area contributed by atoms with Crippen molar-refractivity contribution < 1.29 is 9.26 Å². The summed E-state index contributed by atoms with van der Waals surface area (Å²) in [7, 11) is 1.64. The highest BCUT2D eigenvalue weighted by Crippen LogP contribution is 2.42. The molecule has 0 saturated carbocycles. The average Bonchev–Trinajstić information content (AvgIpc) is 3.04. The van der Waals surface area contributed by atoms with Gasteiger partial charge in [-0.1, -0.05) is 23.4 Å². The zero-order valence-corrected chi connectivity index (χ0v) is 12.0. The van der Waals surface area contributed by atoms with Crippen LogP contribution in [0.5, 0.6) is 5.75 Å². The Balaban J connectivity index is 2.21. The number of aryl methyl sites for hydroxylation is 1. The molecular formula is C15H14N2O2S. The number of anilines is 1. The maximum Gasteiger partial charge on any atom is 0.230 e. The standard InChI is InChI=1S/C15H14N2O2S/c1-9-7-8-12(20-9)14-13(15(16)19-17-14)10-5-3-4-6-11(10)18-2/h3-8H,16H2,1-2H3. The molecule has 3 rings (SSSR count). The number of hydrogen-bond acceptors (Lipinski definition) is 5. The van der Waals surface area contributed by atoms with Gasteiger partial charge in [0.25, 0.3) is 0 Å². The Hall–Kier alpha value is -2.27. The smallest absolute Gasteiger partial charge is 0.230 e. The lowest BCUT2D eigenvalue weighted by molar-refractivity contribution is 0.416. The van der Waals surface area contributed by atoms with Gasteiger partial charge in [-0.2, -0.15) is 0 Å². The molecule has 0 aliphatic rings. The van der Waals surface area contributed by atoms with Gasteiger partial charge in [0.05, 0.1) is 17.6 Å². The van der Waals surface area contributed by atoms with Gasteiger partial charge in [0, 0.05) is 10.4 Å². The van der Waals surface area contributed by atoms with Gasteiger partial charge >= 0.3 is 0 Å². The molecule has 5 heteroatoms. The maximum atomic E-state index is 5.96. The first-order valence-corrected chi connectivity index (χ1v) is 6.97. The molecule has 0 bridgehead atoms. The van der Waals surface area contributed by atoms with E-state index in [1.165, 1.54) is 4.88 Å². The molecule has 0 saturated heterocycles. The summed E-state index contributed by atoms with van der Waals surface area (Å²) in [5, 5.41) is 4.11. The summed E-state index contributed by atoms with van der Waals surface area (Å²) in [6.45, 7) is 2.06. The molecule has 1 aromatic carbocycles. The van der Waals surface area contributed by atoms with Crippen LogP contribution >= 0.6 is 11.3 Å². The van der Waals surface area contributed by atoms with Crippen LogP contribution in [0.1, 0.15) is 4.88 Å². The number of nitrogens with zero attached hydrogens (tertiary/aromatic N) is 1. The molecule has 102 valence electrons. The quantitative estimate of drug-likeness (QED) is 0.791. The monoisotopic (exact) mass is 286 g/mol. The molecular weight excluding hydrogens is 272 g/mol. The molecule has 0 amide bonds. The highest BCUT2D eigenvalue weighted by Gasteiger charge is 2.21. The summed E-state index contributed by atoms with van der Waals surface area (Å²) in [6, 6.07) is 11.8. The molecule has 3 aromatic rings. The van der Waals surface area contributed by atoms with Crippen molar-refractivity contribution in [2.75, 3.05) is 12.8 Å². The molecule has 0 atom stereocenters. The third-order valence-corrected chi connectivity index (χ3v) is 4.08. The topological polar surface area (TPSA) is 61.3 Å². The highest BCUT2D eigenvalue weighted by molar-refractivity contribution is 7.15. The van der Waals surface area contributed by atoms with Gasteiger partial charge in [0.1, 0.15) is 11.4 Å². The highest BCUT2D eigenvalue weighted by atomic mass is 32.1. The van der Waals surface area contributed by atoms with Crippen molar-refractivity contribution in [1.29, 1.82) is 0 Å². The van der Waals surface area contributed by atoms with Crippen LogP contribution in [0.4, 0.5) is 5.88 Å². The summed E-state index contributed by atoms with van der Waals surface area (Å²) in [4.78, 5) is 2.25. The minimum atomic E-state index is 0.301. The van der Waals surface area contributed by atoms with Crippen LogP contribution < -0.4 is 10.5 Å². The zero-order chi connectivity index (χ0) is 14.1. The van der Waals surface area contributed by atoms with Gasteiger partial charge in [-0.15, -0.1) is 11.3 Å². The number of hydrogen-bond donors (Lipinski definition) is 1. The van der Waals surface area contributed by atoms with Gasteiger partial charge < -0.3 is 15.0 Å². The van der Waals surface area contributed by atoms with Crippen LogP contribution in [0.2, 0.25) is 0 Å². The number of nitrogens with two attached hydrogens (primary N) is 1. The molecule has 0 unspecified atom stereocenters. The number of benzene rings is 1. The van der Waals surface area contributed by atoms with E-state index in [4.69, 9.17) is 15.0 Å². The SMILES string of the molecule is COc1ccccc1-c1c(-c2ccc(C)s2)noc1N. The van der Waals surface area contributed by atoms with Crippen molar-refractivity contribution >= 4 is 17.2 Å². The molecule has 0 radical (unpaired) electrons. The third-order valence-electron chi connectivity index (χ3n) is 3.07.